The topological polar surface area (TPSA) is 42.1 Å². The van der Waals surface area contributed by atoms with E-state index in [9.17, 15) is 0 Å². The molecular formula is C45H31N3OS. The summed E-state index contributed by atoms with van der Waals surface area (Å²) in [6.07, 6.45) is 0. The van der Waals surface area contributed by atoms with E-state index in [1.165, 1.54) is 63.9 Å². The molecule has 2 unspecified atom stereocenters. The number of furan rings is 1. The minimum Gasteiger partial charge on any atom is -0.440 e. The predicted octanol–water partition coefficient (Wildman–Crippen LogP) is 11.9. The van der Waals surface area contributed by atoms with E-state index in [1.54, 1.807) is 0 Å². The van der Waals surface area contributed by atoms with Crippen LogP contribution in [0.25, 0.3) is 69.4 Å². The van der Waals surface area contributed by atoms with Crippen LogP contribution in [-0.4, -0.2) is 11.1 Å². The molecule has 4 heterocycles. The first-order chi connectivity index (χ1) is 24.8. The molecule has 1 aliphatic rings. The molecule has 0 amide bonds. The zero-order valence-corrected chi connectivity index (χ0v) is 27.9. The van der Waals surface area contributed by atoms with Crippen LogP contribution >= 0.6 is 11.3 Å². The van der Waals surface area contributed by atoms with E-state index in [0.717, 1.165) is 28.1 Å². The summed E-state index contributed by atoms with van der Waals surface area (Å²) in [4.78, 5) is 0. The number of aromatic nitrogens is 1. The first-order valence-electron chi connectivity index (χ1n) is 17.2. The number of para-hydroxylation sites is 2. The third-order valence-corrected chi connectivity index (χ3v) is 11.7. The Balaban J connectivity index is 1.02. The highest BCUT2D eigenvalue weighted by Crippen LogP contribution is 2.43. The molecule has 2 N–H and O–H groups in total. The van der Waals surface area contributed by atoms with Gasteiger partial charge < -0.3 is 14.3 Å². The molecule has 1 aliphatic heterocycles. The van der Waals surface area contributed by atoms with Crippen LogP contribution in [0.5, 0.6) is 0 Å². The van der Waals surface area contributed by atoms with E-state index in [2.05, 4.69) is 161 Å². The van der Waals surface area contributed by atoms with Gasteiger partial charge in [0.25, 0.3) is 0 Å². The van der Waals surface area contributed by atoms with Gasteiger partial charge in [0.1, 0.15) is 5.58 Å². The van der Waals surface area contributed by atoms with E-state index in [4.69, 9.17) is 4.42 Å². The average molecular weight is 662 g/mol. The fourth-order valence-electron chi connectivity index (χ4n) is 8.21. The molecule has 50 heavy (non-hydrogen) atoms. The Kier molecular flexibility index (Phi) is 6.06. The molecule has 7 aromatic carbocycles. The maximum Gasteiger partial charge on any atom is 0.199 e. The Morgan fingerprint density at radius 3 is 2.14 bits per heavy atom. The molecule has 0 saturated heterocycles. The molecule has 2 atom stereocenters. The normalized spacial score (nSPS) is 16.4. The molecule has 0 fully saturated rings. The molecule has 0 radical (unpaired) electrons. The van der Waals surface area contributed by atoms with Gasteiger partial charge in [-0.1, -0.05) is 103 Å². The molecule has 0 bridgehead atoms. The third kappa shape index (κ3) is 4.21. The Hall–Kier alpha value is -5.88. The SMILES string of the molecule is c1ccc2cc3c(cc2c1)c1ccccc1n3-c1ccc(C2CNc3oc4ccccc4c3C(c3ccc4c(c3)sc3ccccc34)N2)cc1. The first-order valence-corrected chi connectivity index (χ1v) is 18.0. The van der Waals surface area contributed by atoms with Gasteiger partial charge in [0.2, 0.25) is 0 Å². The van der Waals surface area contributed by atoms with E-state index >= 15 is 0 Å². The number of anilines is 1. The van der Waals surface area contributed by atoms with Crippen LogP contribution in [0.4, 0.5) is 5.88 Å². The Bertz CT molecular complexity index is 2930. The smallest absolute Gasteiger partial charge is 0.199 e. The molecule has 3 aromatic heterocycles. The monoisotopic (exact) mass is 661 g/mol. The van der Waals surface area contributed by atoms with Gasteiger partial charge >= 0.3 is 0 Å². The number of hydrogen-bond acceptors (Lipinski definition) is 4. The van der Waals surface area contributed by atoms with Crippen LogP contribution in [0, 0.1) is 0 Å². The van der Waals surface area contributed by atoms with Gasteiger partial charge in [-0.3, -0.25) is 5.32 Å². The molecule has 11 rings (SSSR count). The maximum atomic E-state index is 6.47. The quantitative estimate of drug-likeness (QED) is 0.198. The van der Waals surface area contributed by atoms with Gasteiger partial charge in [-0.15, -0.1) is 11.3 Å². The average Bonchev–Trinajstić information content (AvgIpc) is 3.78. The van der Waals surface area contributed by atoms with E-state index in [1.807, 2.05) is 17.4 Å². The summed E-state index contributed by atoms with van der Waals surface area (Å²) >= 11 is 1.86. The molecule has 0 spiro atoms. The second-order valence-corrected chi connectivity index (χ2v) is 14.5. The summed E-state index contributed by atoms with van der Waals surface area (Å²) < 4.78 is 11.5. The van der Waals surface area contributed by atoms with Crippen molar-refractivity contribution in [1.29, 1.82) is 0 Å². The van der Waals surface area contributed by atoms with Crippen LogP contribution < -0.4 is 10.6 Å². The second-order valence-electron chi connectivity index (χ2n) is 13.4. The van der Waals surface area contributed by atoms with Crippen molar-refractivity contribution < 1.29 is 4.42 Å². The van der Waals surface area contributed by atoms with Crippen LogP contribution in [0.1, 0.15) is 28.8 Å². The van der Waals surface area contributed by atoms with Crippen molar-refractivity contribution in [3.05, 3.63) is 168 Å². The van der Waals surface area contributed by atoms with Crippen LogP contribution in [0.3, 0.4) is 0 Å². The van der Waals surface area contributed by atoms with Crippen molar-refractivity contribution in [3.63, 3.8) is 0 Å². The number of hydrogen-bond donors (Lipinski definition) is 2. The number of nitrogens with one attached hydrogen (secondary N) is 2. The zero-order valence-electron chi connectivity index (χ0n) is 27.1. The van der Waals surface area contributed by atoms with Gasteiger partial charge in [-0.05, 0) is 70.4 Å². The van der Waals surface area contributed by atoms with Crippen molar-refractivity contribution in [2.45, 2.75) is 12.1 Å². The summed E-state index contributed by atoms with van der Waals surface area (Å²) in [6, 6.07) is 55.2. The number of nitrogens with zero attached hydrogens (tertiary/aromatic N) is 1. The molecular weight excluding hydrogens is 631 g/mol. The second kappa shape index (κ2) is 10.8. The number of benzene rings is 7. The van der Waals surface area contributed by atoms with Crippen LogP contribution in [0.15, 0.2) is 156 Å². The summed E-state index contributed by atoms with van der Waals surface area (Å²) in [6.45, 7) is 0.704. The van der Waals surface area contributed by atoms with Gasteiger partial charge in [-0.25, -0.2) is 0 Å². The summed E-state index contributed by atoms with van der Waals surface area (Å²) in [5.41, 5.74) is 8.13. The standard InChI is InChI=1S/C45H31N3OS/c1-2-10-29-24-39-36(23-28(29)9-1)32-11-3-6-14-38(32)48(39)31-20-17-27(18-21-31)37-26-46-45-43(35-13-4-7-15-40(35)49-45)44(47-37)30-19-22-34-33-12-5-8-16-41(33)50-42(34)25-30/h1-25,37,44,46-47H,26H2. The number of fused-ring (bicyclic) bond motifs is 10. The molecule has 5 heteroatoms. The highest BCUT2D eigenvalue weighted by atomic mass is 32.1. The molecule has 10 aromatic rings. The van der Waals surface area contributed by atoms with Crippen LogP contribution in [-0.2, 0) is 0 Å². The largest absolute Gasteiger partial charge is 0.440 e. The minimum atomic E-state index is -0.0615. The number of thiophene rings is 1. The molecule has 0 aliphatic carbocycles. The van der Waals surface area contributed by atoms with Gasteiger partial charge in [0.05, 0.1) is 23.1 Å². The van der Waals surface area contributed by atoms with Crippen molar-refractivity contribution >= 4 is 80.9 Å². The highest BCUT2D eigenvalue weighted by Gasteiger charge is 2.31. The fraction of sp³-hybridized carbons (Fsp3) is 0.0667. The lowest BCUT2D eigenvalue weighted by atomic mass is 9.95. The van der Waals surface area contributed by atoms with Crippen molar-refractivity contribution in [2.24, 2.45) is 0 Å². The van der Waals surface area contributed by atoms with Crippen molar-refractivity contribution in [3.8, 4) is 5.69 Å². The van der Waals surface area contributed by atoms with Gasteiger partial charge in [0.15, 0.2) is 5.88 Å². The lowest BCUT2D eigenvalue weighted by Crippen LogP contribution is -2.29. The number of rotatable bonds is 3. The molecule has 4 nitrogen and oxygen atoms in total. The highest BCUT2D eigenvalue weighted by molar-refractivity contribution is 7.25. The molecule has 0 saturated carbocycles. The summed E-state index contributed by atoms with van der Waals surface area (Å²) in [7, 11) is 0. The lowest BCUT2D eigenvalue weighted by molar-refractivity contribution is 0.515. The van der Waals surface area contributed by atoms with E-state index in [0.29, 0.717) is 6.54 Å². The Morgan fingerprint density at radius 2 is 1.26 bits per heavy atom. The van der Waals surface area contributed by atoms with Crippen LogP contribution in [0.2, 0.25) is 0 Å². The Morgan fingerprint density at radius 1 is 0.560 bits per heavy atom. The lowest BCUT2D eigenvalue weighted by Gasteiger charge is -2.24. The summed E-state index contributed by atoms with van der Waals surface area (Å²) in [5.74, 6) is 0.844. The van der Waals surface area contributed by atoms with Gasteiger partial charge in [-0.2, -0.15) is 0 Å². The third-order valence-electron chi connectivity index (χ3n) is 10.6. The van der Waals surface area contributed by atoms with Crippen molar-refractivity contribution in [1.82, 2.24) is 9.88 Å². The van der Waals surface area contributed by atoms with E-state index in [-0.39, 0.29) is 12.1 Å². The van der Waals surface area contributed by atoms with E-state index < -0.39 is 0 Å². The van der Waals surface area contributed by atoms with Gasteiger partial charge in [0, 0.05) is 54.1 Å². The fourth-order valence-corrected chi connectivity index (χ4v) is 9.36. The minimum absolute atomic E-state index is 0.0515. The Labute approximate surface area is 292 Å². The zero-order chi connectivity index (χ0) is 32.8. The molecule has 238 valence electrons. The van der Waals surface area contributed by atoms with Crippen molar-refractivity contribution in [2.75, 3.05) is 11.9 Å². The summed E-state index contributed by atoms with van der Waals surface area (Å²) in [5, 5.41) is 16.6. The predicted molar refractivity (Wildman–Crippen MR) is 210 cm³/mol. The maximum absolute atomic E-state index is 6.47. The first kappa shape index (κ1) is 28.0.